The molecule has 27 heavy (non-hydrogen) atoms. The molecule has 0 radical (unpaired) electrons. The van der Waals surface area contributed by atoms with Gasteiger partial charge in [-0.25, -0.2) is 9.37 Å². The van der Waals surface area contributed by atoms with E-state index in [9.17, 15) is 19.1 Å². The van der Waals surface area contributed by atoms with E-state index in [-0.39, 0.29) is 17.7 Å². The van der Waals surface area contributed by atoms with Gasteiger partial charge < -0.3 is 15.7 Å². The average Bonchev–Trinajstić information content (AvgIpc) is 2.87. The standard InChI is InChI=1S/C20H18FN3O3/c1-12-7-16(23-17(8-12)18(22)25)14-9-13(10-15(21)11-14)3-4-20(27)5-6-24(2)19(20)26/h7-11,27H,5-6H2,1-2H3,(H2,22,25)/t20-/m0/s1. The second-order valence-electron chi connectivity index (χ2n) is 6.59. The third kappa shape index (κ3) is 3.81. The maximum atomic E-state index is 14.1. The number of carbonyl (C=O) groups is 2. The van der Waals surface area contributed by atoms with Crippen LogP contribution < -0.4 is 5.73 Å². The molecular formula is C20H18FN3O3. The van der Waals surface area contributed by atoms with Crippen LogP contribution in [0, 0.1) is 24.6 Å². The van der Waals surface area contributed by atoms with E-state index in [1.165, 1.54) is 17.0 Å². The fourth-order valence-corrected chi connectivity index (χ4v) is 2.90. The smallest absolute Gasteiger partial charge is 0.267 e. The number of aromatic nitrogens is 1. The number of hydrogen-bond donors (Lipinski definition) is 2. The molecule has 1 aliphatic heterocycles. The van der Waals surface area contributed by atoms with Crippen molar-refractivity contribution in [2.75, 3.05) is 13.6 Å². The van der Waals surface area contributed by atoms with Crippen LogP contribution in [0.25, 0.3) is 11.3 Å². The minimum absolute atomic E-state index is 0.0794. The lowest BCUT2D eigenvalue weighted by Gasteiger charge is -2.13. The van der Waals surface area contributed by atoms with Crippen LogP contribution in [-0.4, -0.2) is 46.0 Å². The summed E-state index contributed by atoms with van der Waals surface area (Å²) in [5.74, 6) is 3.52. The van der Waals surface area contributed by atoms with E-state index in [4.69, 9.17) is 5.73 Å². The second kappa shape index (κ2) is 6.82. The zero-order valence-corrected chi connectivity index (χ0v) is 14.9. The van der Waals surface area contributed by atoms with E-state index in [0.717, 1.165) is 5.56 Å². The van der Waals surface area contributed by atoms with Gasteiger partial charge in [-0.3, -0.25) is 9.59 Å². The van der Waals surface area contributed by atoms with Gasteiger partial charge in [-0.1, -0.05) is 11.8 Å². The number of carbonyl (C=O) groups excluding carboxylic acids is 2. The third-order valence-electron chi connectivity index (χ3n) is 4.34. The van der Waals surface area contributed by atoms with Crippen molar-refractivity contribution in [3.63, 3.8) is 0 Å². The van der Waals surface area contributed by atoms with Gasteiger partial charge in [0.2, 0.25) is 5.60 Å². The molecule has 7 heteroatoms. The zero-order valence-electron chi connectivity index (χ0n) is 14.9. The van der Waals surface area contributed by atoms with Gasteiger partial charge in [0.25, 0.3) is 11.8 Å². The van der Waals surface area contributed by atoms with Gasteiger partial charge in [0, 0.05) is 31.1 Å². The molecule has 0 aliphatic carbocycles. The molecule has 138 valence electrons. The Kier molecular flexibility index (Phi) is 4.68. The molecule has 0 saturated carbocycles. The molecule has 6 nitrogen and oxygen atoms in total. The van der Waals surface area contributed by atoms with Gasteiger partial charge in [0.1, 0.15) is 11.5 Å². The first kappa shape index (κ1) is 18.5. The Morgan fingerprint density at radius 1 is 1.33 bits per heavy atom. The summed E-state index contributed by atoms with van der Waals surface area (Å²) in [6.07, 6.45) is 0.193. The average molecular weight is 367 g/mol. The highest BCUT2D eigenvalue weighted by Crippen LogP contribution is 2.23. The Balaban J connectivity index is 2.01. The Labute approximate surface area is 155 Å². The lowest BCUT2D eigenvalue weighted by molar-refractivity contribution is -0.137. The molecule has 1 aromatic carbocycles. The lowest BCUT2D eigenvalue weighted by atomic mass is 10.0. The predicted molar refractivity (Wildman–Crippen MR) is 97.0 cm³/mol. The second-order valence-corrected chi connectivity index (χ2v) is 6.59. The van der Waals surface area contributed by atoms with Crippen molar-refractivity contribution in [1.82, 2.24) is 9.88 Å². The maximum Gasteiger partial charge on any atom is 0.267 e. The number of likely N-dealkylation sites (N-methyl/N-ethyl adjacent to an activating group) is 1. The molecule has 2 heterocycles. The number of primary amides is 1. The number of nitrogens with two attached hydrogens (primary N) is 1. The number of hydrogen-bond acceptors (Lipinski definition) is 4. The number of aryl methyl sites for hydroxylation is 1. The van der Waals surface area contributed by atoms with Crippen molar-refractivity contribution in [1.29, 1.82) is 0 Å². The number of halogens is 1. The number of pyridine rings is 1. The fraction of sp³-hybridized carbons (Fsp3) is 0.250. The topological polar surface area (TPSA) is 96.5 Å². The highest BCUT2D eigenvalue weighted by atomic mass is 19.1. The third-order valence-corrected chi connectivity index (χ3v) is 4.34. The molecule has 0 spiro atoms. The van der Waals surface area contributed by atoms with E-state index in [0.29, 0.717) is 17.8 Å². The van der Waals surface area contributed by atoms with Crippen molar-refractivity contribution >= 4 is 11.8 Å². The van der Waals surface area contributed by atoms with Crippen LogP contribution in [0.3, 0.4) is 0 Å². The van der Waals surface area contributed by atoms with Crippen molar-refractivity contribution in [2.24, 2.45) is 5.73 Å². The Hall–Kier alpha value is -3.24. The lowest BCUT2D eigenvalue weighted by Crippen LogP contribution is -2.37. The fourth-order valence-electron chi connectivity index (χ4n) is 2.90. The minimum Gasteiger partial charge on any atom is -0.369 e. The van der Waals surface area contributed by atoms with E-state index >= 15 is 0 Å². The van der Waals surface area contributed by atoms with Crippen LogP contribution in [0.2, 0.25) is 0 Å². The molecular weight excluding hydrogens is 349 g/mol. The number of rotatable bonds is 2. The van der Waals surface area contributed by atoms with Crippen LogP contribution in [0.15, 0.2) is 30.3 Å². The van der Waals surface area contributed by atoms with Crippen LogP contribution in [-0.2, 0) is 4.79 Å². The van der Waals surface area contributed by atoms with Gasteiger partial charge in [-0.15, -0.1) is 0 Å². The van der Waals surface area contributed by atoms with E-state index < -0.39 is 23.2 Å². The molecule has 1 aliphatic rings. The number of likely N-dealkylation sites (tertiary alicyclic amines) is 1. The summed E-state index contributed by atoms with van der Waals surface area (Å²) < 4.78 is 14.1. The van der Waals surface area contributed by atoms with Crippen LogP contribution in [0.1, 0.15) is 28.0 Å². The molecule has 0 bridgehead atoms. The van der Waals surface area contributed by atoms with Gasteiger partial charge in [-0.2, -0.15) is 0 Å². The van der Waals surface area contributed by atoms with Crippen molar-refractivity contribution in [2.45, 2.75) is 18.9 Å². The van der Waals surface area contributed by atoms with E-state index in [1.54, 1.807) is 32.2 Å². The molecule has 0 unspecified atom stereocenters. The zero-order chi connectivity index (χ0) is 19.8. The highest BCUT2D eigenvalue weighted by Gasteiger charge is 2.42. The number of benzene rings is 1. The molecule has 2 aromatic rings. The molecule has 1 atom stereocenters. The van der Waals surface area contributed by atoms with Gasteiger partial charge >= 0.3 is 0 Å². The number of aliphatic hydroxyl groups is 1. The highest BCUT2D eigenvalue weighted by molar-refractivity contribution is 5.92. The van der Waals surface area contributed by atoms with Crippen molar-refractivity contribution < 1.29 is 19.1 Å². The number of amides is 2. The van der Waals surface area contributed by atoms with Gasteiger partial charge in [-0.05, 0) is 42.8 Å². The first-order valence-corrected chi connectivity index (χ1v) is 8.28. The SMILES string of the molecule is Cc1cc(C(N)=O)nc(-c2cc(F)cc(C#C[C@]3(O)CCN(C)C3=O)c2)c1. The van der Waals surface area contributed by atoms with Gasteiger partial charge in [0.15, 0.2) is 0 Å². The van der Waals surface area contributed by atoms with Gasteiger partial charge in [0.05, 0.1) is 5.69 Å². The first-order chi connectivity index (χ1) is 12.7. The van der Waals surface area contributed by atoms with E-state index in [2.05, 4.69) is 16.8 Å². The summed E-state index contributed by atoms with van der Waals surface area (Å²) in [6.45, 7) is 2.18. The molecule has 3 N–H and O–H groups in total. The molecule has 2 amide bonds. The monoisotopic (exact) mass is 367 g/mol. The maximum absolute atomic E-state index is 14.1. The van der Waals surface area contributed by atoms with Crippen molar-refractivity contribution in [3.05, 3.63) is 53.0 Å². The molecule has 1 aromatic heterocycles. The predicted octanol–water partition coefficient (Wildman–Crippen LogP) is 1.24. The van der Waals surface area contributed by atoms with Crippen LogP contribution >= 0.6 is 0 Å². The quantitative estimate of drug-likeness (QED) is 0.781. The normalized spacial score (nSPS) is 19.0. The summed E-state index contributed by atoms with van der Waals surface area (Å²) >= 11 is 0. The summed E-state index contributed by atoms with van der Waals surface area (Å²) in [6, 6.07) is 7.29. The van der Waals surface area contributed by atoms with Crippen LogP contribution in [0.4, 0.5) is 4.39 Å². The van der Waals surface area contributed by atoms with Crippen molar-refractivity contribution in [3.8, 4) is 23.1 Å². The Bertz CT molecular complexity index is 1010. The first-order valence-electron chi connectivity index (χ1n) is 8.28. The molecule has 1 saturated heterocycles. The molecule has 1 fully saturated rings. The van der Waals surface area contributed by atoms with E-state index in [1.807, 2.05) is 0 Å². The number of nitrogens with zero attached hydrogens (tertiary/aromatic N) is 2. The molecule has 3 rings (SSSR count). The Morgan fingerprint density at radius 2 is 2.07 bits per heavy atom. The summed E-state index contributed by atoms with van der Waals surface area (Å²) in [4.78, 5) is 29.0. The summed E-state index contributed by atoms with van der Waals surface area (Å²) in [5, 5.41) is 10.4. The largest absolute Gasteiger partial charge is 0.369 e. The summed E-state index contributed by atoms with van der Waals surface area (Å²) in [5.41, 5.74) is 5.42. The summed E-state index contributed by atoms with van der Waals surface area (Å²) in [7, 11) is 1.59. The van der Waals surface area contributed by atoms with Crippen LogP contribution in [0.5, 0.6) is 0 Å². The minimum atomic E-state index is -1.76. The Morgan fingerprint density at radius 3 is 2.70 bits per heavy atom.